The van der Waals surface area contributed by atoms with Gasteiger partial charge < -0.3 is 14.8 Å². The molecule has 4 rings (SSSR count). The summed E-state index contributed by atoms with van der Waals surface area (Å²) in [5.74, 6) is 0.893. The van der Waals surface area contributed by atoms with Crippen LogP contribution >= 0.6 is 15.9 Å². The molecular weight excluding hydrogens is 514 g/mol. The summed E-state index contributed by atoms with van der Waals surface area (Å²) in [4.78, 5) is 30.0. The van der Waals surface area contributed by atoms with Crippen molar-refractivity contribution in [2.24, 2.45) is 0 Å². The predicted octanol–water partition coefficient (Wildman–Crippen LogP) is 3.63. The van der Waals surface area contributed by atoms with E-state index >= 15 is 0 Å². The minimum atomic E-state index is -0.240. The topological polar surface area (TPSA) is 100 Å². The summed E-state index contributed by atoms with van der Waals surface area (Å²) in [5, 5.41) is 7.61. The molecule has 0 fully saturated rings. The highest BCUT2D eigenvalue weighted by molar-refractivity contribution is 9.10. The first-order valence-corrected chi connectivity index (χ1v) is 12.1. The second kappa shape index (κ2) is 11.2. The SMILES string of the molecule is CCOc1ccc(C(=O)NCCn2ncc3c(=O)n(Cc4ccc(Br)cc4)cnc32)cc1OCC. The maximum absolute atomic E-state index is 12.9. The summed E-state index contributed by atoms with van der Waals surface area (Å²) >= 11 is 3.41. The fraction of sp³-hybridized carbons (Fsp3) is 0.280. The number of hydrogen-bond acceptors (Lipinski definition) is 6. The van der Waals surface area contributed by atoms with Crippen LogP contribution in [0.4, 0.5) is 0 Å². The first-order chi connectivity index (χ1) is 17.0. The third-order valence-corrected chi connectivity index (χ3v) is 5.83. The molecule has 9 nitrogen and oxygen atoms in total. The number of aromatic nitrogens is 4. The number of carbonyl (C=O) groups excluding carboxylic acids is 1. The van der Waals surface area contributed by atoms with Crippen molar-refractivity contribution in [3.05, 3.63) is 80.9 Å². The Balaban J connectivity index is 1.42. The van der Waals surface area contributed by atoms with E-state index in [4.69, 9.17) is 9.47 Å². The van der Waals surface area contributed by atoms with Gasteiger partial charge in [0, 0.05) is 16.6 Å². The van der Waals surface area contributed by atoms with Crippen molar-refractivity contribution in [2.45, 2.75) is 26.9 Å². The Morgan fingerprint density at radius 1 is 1.06 bits per heavy atom. The van der Waals surface area contributed by atoms with Gasteiger partial charge in [-0.1, -0.05) is 28.1 Å². The molecule has 0 atom stereocenters. The quantitative estimate of drug-likeness (QED) is 0.330. The minimum absolute atomic E-state index is 0.161. The predicted molar refractivity (Wildman–Crippen MR) is 136 cm³/mol. The number of carbonyl (C=O) groups is 1. The van der Waals surface area contributed by atoms with Crippen molar-refractivity contribution in [1.82, 2.24) is 24.6 Å². The number of amides is 1. The van der Waals surface area contributed by atoms with Crippen LogP contribution in [0.25, 0.3) is 11.0 Å². The van der Waals surface area contributed by atoms with Gasteiger partial charge in [-0.2, -0.15) is 5.10 Å². The van der Waals surface area contributed by atoms with Gasteiger partial charge in [-0.3, -0.25) is 14.2 Å². The summed E-state index contributed by atoms with van der Waals surface area (Å²) in [7, 11) is 0. The van der Waals surface area contributed by atoms with Crippen LogP contribution in [-0.4, -0.2) is 45.0 Å². The van der Waals surface area contributed by atoms with E-state index in [1.165, 1.54) is 12.5 Å². The molecule has 2 aromatic heterocycles. The average molecular weight is 540 g/mol. The Morgan fingerprint density at radius 2 is 1.80 bits per heavy atom. The standard InChI is InChI=1S/C25H26BrN5O4/c1-3-34-21-10-7-18(13-22(21)35-4-2)24(32)27-11-12-31-23-20(14-29-31)25(33)30(16-28-23)15-17-5-8-19(26)9-6-17/h5-10,13-14,16H,3-4,11-12,15H2,1-2H3,(H,27,32). The van der Waals surface area contributed by atoms with Crippen LogP contribution in [0.2, 0.25) is 0 Å². The minimum Gasteiger partial charge on any atom is -0.490 e. The zero-order chi connectivity index (χ0) is 24.8. The van der Waals surface area contributed by atoms with Crippen molar-refractivity contribution < 1.29 is 14.3 Å². The number of nitrogens with one attached hydrogen (secondary N) is 1. The largest absolute Gasteiger partial charge is 0.490 e. The molecule has 0 aliphatic carbocycles. The molecule has 0 aliphatic heterocycles. The lowest BCUT2D eigenvalue weighted by molar-refractivity contribution is 0.0951. The molecular formula is C25H26BrN5O4. The van der Waals surface area contributed by atoms with E-state index in [9.17, 15) is 9.59 Å². The number of hydrogen-bond donors (Lipinski definition) is 1. The summed E-state index contributed by atoms with van der Waals surface area (Å²) < 4.78 is 15.3. The second-order valence-electron chi connectivity index (χ2n) is 7.69. The van der Waals surface area contributed by atoms with Crippen LogP contribution in [0.3, 0.4) is 0 Å². The van der Waals surface area contributed by atoms with Gasteiger partial charge in [0.15, 0.2) is 17.1 Å². The van der Waals surface area contributed by atoms with E-state index in [1.807, 2.05) is 38.1 Å². The normalized spacial score (nSPS) is 10.9. The van der Waals surface area contributed by atoms with Gasteiger partial charge in [-0.25, -0.2) is 9.67 Å². The van der Waals surface area contributed by atoms with Crippen LogP contribution in [0, 0.1) is 0 Å². The summed E-state index contributed by atoms with van der Waals surface area (Å²) in [6.45, 7) is 5.84. The number of halogens is 1. The van der Waals surface area contributed by atoms with E-state index in [0.717, 1.165) is 10.0 Å². The number of ether oxygens (including phenoxy) is 2. The van der Waals surface area contributed by atoms with Crippen LogP contribution in [0.5, 0.6) is 11.5 Å². The first kappa shape index (κ1) is 24.5. The van der Waals surface area contributed by atoms with Crippen molar-refractivity contribution in [3.63, 3.8) is 0 Å². The molecule has 10 heteroatoms. The maximum atomic E-state index is 12.9. The summed E-state index contributed by atoms with van der Waals surface area (Å²) in [6.07, 6.45) is 3.05. The molecule has 35 heavy (non-hydrogen) atoms. The van der Waals surface area contributed by atoms with Crippen molar-refractivity contribution in [2.75, 3.05) is 19.8 Å². The van der Waals surface area contributed by atoms with Crippen LogP contribution in [0.15, 0.2) is 64.3 Å². The van der Waals surface area contributed by atoms with E-state index in [0.29, 0.717) is 60.9 Å². The first-order valence-electron chi connectivity index (χ1n) is 11.3. The average Bonchev–Trinajstić information content (AvgIpc) is 3.27. The van der Waals surface area contributed by atoms with Crippen LogP contribution in [0.1, 0.15) is 29.8 Å². The van der Waals surface area contributed by atoms with Crippen molar-refractivity contribution in [1.29, 1.82) is 0 Å². The van der Waals surface area contributed by atoms with Gasteiger partial charge in [0.2, 0.25) is 0 Å². The number of benzene rings is 2. The summed E-state index contributed by atoms with van der Waals surface area (Å²) in [5.41, 5.74) is 1.78. The Morgan fingerprint density at radius 3 is 2.54 bits per heavy atom. The highest BCUT2D eigenvalue weighted by atomic mass is 79.9. The Hall–Kier alpha value is -3.66. The molecule has 0 saturated heterocycles. The lowest BCUT2D eigenvalue weighted by Crippen LogP contribution is -2.28. The third kappa shape index (κ3) is 5.71. The number of fused-ring (bicyclic) bond motifs is 1. The Kier molecular flexibility index (Phi) is 7.81. The molecule has 2 aromatic carbocycles. The third-order valence-electron chi connectivity index (χ3n) is 5.30. The lowest BCUT2D eigenvalue weighted by atomic mass is 10.2. The highest BCUT2D eigenvalue weighted by Crippen LogP contribution is 2.28. The molecule has 0 unspecified atom stereocenters. The molecule has 0 saturated carbocycles. The highest BCUT2D eigenvalue weighted by Gasteiger charge is 2.13. The lowest BCUT2D eigenvalue weighted by Gasteiger charge is -2.12. The maximum Gasteiger partial charge on any atom is 0.264 e. The van der Waals surface area contributed by atoms with Gasteiger partial charge in [-0.15, -0.1) is 0 Å². The molecule has 0 aliphatic rings. The van der Waals surface area contributed by atoms with Crippen LogP contribution in [-0.2, 0) is 13.1 Å². The molecule has 4 aromatic rings. The van der Waals surface area contributed by atoms with Gasteiger partial charge in [0.05, 0.1) is 32.5 Å². The Bertz CT molecular complexity index is 1380. The van der Waals surface area contributed by atoms with Crippen LogP contribution < -0.4 is 20.3 Å². The number of nitrogens with zero attached hydrogens (tertiary/aromatic N) is 4. The van der Waals surface area contributed by atoms with Crippen molar-refractivity contribution in [3.8, 4) is 11.5 Å². The molecule has 0 bridgehead atoms. The molecule has 1 amide bonds. The summed E-state index contributed by atoms with van der Waals surface area (Å²) in [6, 6.07) is 12.9. The van der Waals surface area contributed by atoms with E-state index in [2.05, 4.69) is 31.3 Å². The fourth-order valence-corrected chi connectivity index (χ4v) is 3.89. The van der Waals surface area contributed by atoms with E-state index in [-0.39, 0.29) is 11.5 Å². The van der Waals surface area contributed by atoms with Crippen molar-refractivity contribution >= 4 is 32.9 Å². The molecule has 0 radical (unpaired) electrons. The smallest absolute Gasteiger partial charge is 0.264 e. The van der Waals surface area contributed by atoms with Gasteiger partial charge in [0.25, 0.3) is 11.5 Å². The van der Waals surface area contributed by atoms with E-state index < -0.39 is 0 Å². The second-order valence-corrected chi connectivity index (χ2v) is 8.61. The zero-order valence-corrected chi connectivity index (χ0v) is 21.1. The van der Waals surface area contributed by atoms with Gasteiger partial charge >= 0.3 is 0 Å². The number of rotatable bonds is 10. The zero-order valence-electron chi connectivity index (χ0n) is 19.5. The fourth-order valence-electron chi connectivity index (χ4n) is 3.63. The monoisotopic (exact) mass is 539 g/mol. The molecule has 0 spiro atoms. The molecule has 2 heterocycles. The van der Waals surface area contributed by atoms with Gasteiger partial charge in [-0.05, 0) is 49.7 Å². The molecule has 1 N–H and O–H groups in total. The molecule has 182 valence electrons. The van der Waals surface area contributed by atoms with E-state index in [1.54, 1.807) is 27.4 Å². The van der Waals surface area contributed by atoms with Gasteiger partial charge in [0.1, 0.15) is 11.7 Å². The Labute approximate surface area is 210 Å².